The van der Waals surface area contributed by atoms with E-state index in [1.165, 1.54) is 5.56 Å². The largest absolute Gasteiger partial charge is 0.492 e. The van der Waals surface area contributed by atoms with Crippen molar-refractivity contribution < 1.29 is 13.9 Å². The average molecular weight is 384 g/mol. The van der Waals surface area contributed by atoms with Crippen LogP contribution < -0.4 is 10.1 Å². The van der Waals surface area contributed by atoms with E-state index in [1.807, 2.05) is 62.4 Å². The number of benzene rings is 2. The van der Waals surface area contributed by atoms with Gasteiger partial charge in [0.1, 0.15) is 18.0 Å². The zero-order valence-electron chi connectivity index (χ0n) is 16.7. The van der Waals surface area contributed by atoms with E-state index in [4.69, 9.17) is 4.74 Å². The lowest BCUT2D eigenvalue weighted by atomic mass is 9.92. The summed E-state index contributed by atoms with van der Waals surface area (Å²) in [4.78, 5) is 14.4. The number of likely N-dealkylation sites (tertiary alicyclic amines) is 1. The molecule has 1 saturated heterocycles. The van der Waals surface area contributed by atoms with Gasteiger partial charge in [-0.2, -0.15) is 0 Å². The van der Waals surface area contributed by atoms with Crippen LogP contribution >= 0.6 is 0 Å². The number of nitrogens with zero attached hydrogens (tertiary/aromatic N) is 1. The van der Waals surface area contributed by atoms with Gasteiger partial charge in [0, 0.05) is 44.6 Å². The second kappa shape index (κ2) is 9.20. The van der Waals surface area contributed by atoms with E-state index >= 15 is 4.39 Å². The highest BCUT2D eigenvalue weighted by Crippen LogP contribution is 2.27. The summed E-state index contributed by atoms with van der Waals surface area (Å²) >= 11 is 0. The number of amides is 1. The van der Waals surface area contributed by atoms with Gasteiger partial charge >= 0.3 is 0 Å². The van der Waals surface area contributed by atoms with Gasteiger partial charge in [-0.3, -0.25) is 4.79 Å². The number of piperidine rings is 1. The van der Waals surface area contributed by atoms with E-state index in [-0.39, 0.29) is 12.5 Å². The molecule has 1 heterocycles. The maximum absolute atomic E-state index is 15.0. The number of nitrogens with one attached hydrogen (secondary N) is 1. The van der Waals surface area contributed by atoms with Crippen LogP contribution in [0.2, 0.25) is 0 Å². The molecule has 1 amide bonds. The predicted molar refractivity (Wildman–Crippen MR) is 110 cm³/mol. The number of alkyl halides is 1. The number of carbonyl (C=O) groups excluding carboxylic acids is 1. The van der Waals surface area contributed by atoms with Gasteiger partial charge in [0.15, 0.2) is 0 Å². The van der Waals surface area contributed by atoms with Crippen molar-refractivity contribution in [3.8, 4) is 5.75 Å². The van der Waals surface area contributed by atoms with Gasteiger partial charge in [-0.15, -0.1) is 0 Å². The Bertz CT molecular complexity index is 786. The number of hydrogen-bond acceptors (Lipinski definition) is 3. The number of halogens is 1. The van der Waals surface area contributed by atoms with Gasteiger partial charge in [0.2, 0.25) is 0 Å². The SMILES string of the molecule is Cc1ccc(C(=O)N2CCC(F)(CNCCOc3ccccc3)CC2)cc1C. The highest BCUT2D eigenvalue weighted by molar-refractivity contribution is 5.94. The molecule has 1 aliphatic rings. The summed E-state index contributed by atoms with van der Waals surface area (Å²) in [6.45, 7) is 6.30. The van der Waals surface area contributed by atoms with Crippen LogP contribution in [0.4, 0.5) is 4.39 Å². The van der Waals surface area contributed by atoms with Crippen molar-refractivity contribution >= 4 is 5.91 Å². The zero-order chi connectivity index (χ0) is 20.0. The van der Waals surface area contributed by atoms with Crippen molar-refractivity contribution in [3.05, 3.63) is 65.2 Å². The second-order valence-electron chi connectivity index (χ2n) is 7.58. The van der Waals surface area contributed by atoms with Crippen LogP contribution in [0.15, 0.2) is 48.5 Å². The highest BCUT2D eigenvalue weighted by Gasteiger charge is 2.35. The lowest BCUT2D eigenvalue weighted by Crippen LogP contribution is -2.49. The number of ether oxygens (including phenoxy) is 1. The Morgan fingerprint density at radius 1 is 1.11 bits per heavy atom. The summed E-state index contributed by atoms with van der Waals surface area (Å²) in [5.74, 6) is 0.812. The van der Waals surface area contributed by atoms with Crippen molar-refractivity contribution in [2.75, 3.05) is 32.8 Å². The molecule has 3 rings (SSSR count). The van der Waals surface area contributed by atoms with Crippen molar-refractivity contribution in [1.29, 1.82) is 0 Å². The summed E-state index contributed by atoms with van der Waals surface area (Å²) < 4.78 is 20.6. The number of hydrogen-bond donors (Lipinski definition) is 1. The summed E-state index contributed by atoms with van der Waals surface area (Å²) in [6, 6.07) is 15.3. The summed E-state index contributed by atoms with van der Waals surface area (Å²) in [5, 5.41) is 3.15. The third-order valence-electron chi connectivity index (χ3n) is 5.43. The number of para-hydroxylation sites is 1. The van der Waals surface area contributed by atoms with E-state index in [1.54, 1.807) is 4.90 Å². The smallest absolute Gasteiger partial charge is 0.253 e. The Kier molecular flexibility index (Phi) is 6.68. The summed E-state index contributed by atoms with van der Waals surface area (Å²) in [7, 11) is 0. The molecule has 1 N–H and O–H groups in total. The minimum Gasteiger partial charge on any atom is -0.492 e. The first-order chi connectivity index (χ1) is 13.5. The van der Waals surface area contributed by atoms with Crippen LogP contribution in [-0.2, 0) is 0 Å². The van der Waals surface area contributed by atoms with Crippen LogP contribution in [-0.4, -0.2) is 49.3 Å². The fourth-order valence-corrected chi connectivity index (χ4v) is 3.41. The molecule has 5 heteroatoms. The molecule has 0 bridgehead atoms. The van der Waals surface area contributed by atoms with Crippen LogP contribution in [0.1, 0.15) is 34.3 Å². The average Bonchev–Trinajstić information content (AvgIpc) is 2.71. The second-order valence-corrected chi connectivity index (χ2v) is 7.58. The molecule has 0 spiro atoms. The molecule has 0 aromatic heterocycles. The third-order valence-corrected chi connectivity index (χ3v) is 5.43. The minimum atomic E-state index is -1.27. The van der Waals surface area contributed by atoms with Gasteiger partial charge in [0.25, 0.3) is 5.91 Å². The van der Waals surface area contributed by atoms with Gasteiger partial charge in [0.05, 0.1) is 0 Å². The van der Waals surface area contributed by atoms with Gasteiger partial charge in [-0.25, -0.2) is 4.39 Å². The number of carbonyl (C=O) groups is 1. The highest BCUT2D eigenvalue weighted by atomic mass is 19.1. The molecule has 2 aromatic carbocycles. The van der Waals surface area contributed by atoms with Crippen molar-refractivity contribution in [3.63, 3.8) is 0 Å². The fourth-order valence-electron chi connectivity index (χ4n) is 3.41. The Morgan fingerprint density at radius 3 is 2.50 bits per heavy atom. The third kappa shape index (κ3) is 5.32. The number of rotatable bonds is 7. The van der Waals surface area contributed by atoms with Crippen molar-refractivity contribution in [1.82, 2.24) is 10.2 Å². The molecule has 0 atom stereocenters. The fraction of sp³-hybridized carbons (Fsp3) is 0.435. The van der Waals surface area contributed by atoms with Crippen molar-refractivity contribution in [2.24, 2.45) is 0 Å². The Labute approximate surface area is 166 Å². The molecule has 0 unspecified atom stereocenters. The van der Waals surface area contributed by atoms with E-state index in [2.05, 4.69) is 5.32 Å². The molecular weight excluding hydrogens is 355 g/mol. The summed E-state index contributed by atoms with van der Waals surface area (Å²) in [6.07, 6.45) is 0.715. The van der Waals surface area contributed by atoms with Crippen LogP contribution in [0, 0.1) is 13.8 Å². The number of aryl methyl sites for hydroxylation is 2. The molecule has 150 valence electrons. The first-order valence-electron chi connectivity index (χ1n) is 9.91. The quantitative estimate of drug-likeness (QED) is 0.736. The van der Waals surface area contributed by atoms with Crippen LogP contribution in [0.3, 0.4) is 0 Å². The molecule has 2 aromatic rings. The molecule has 28 heavy (non-hydrogen) atoms. The molecular formula is C23H29FN2O2. The Balaban J connectivity index is 1.40. The maximum atomic E-state index is 15.0. The standard InChI is InChI=1S/C23H29FN2O2/c1-18-8-9-20(16-19(18)2)22(27)26-13-10-23(24,11-14-26)17-25-12-15-28-21-6-4-3-5-7-21/h3-9,16,25H,10-15,17H2,1-2H3. The van der Waals surface area contributed by atoms with E-state index < -0.39 is 5.67 Å². The molecule has 0 radical (unpaired) electrons. The van der Waals surface area contributed by atoms with E-state index in [9.17, 15) is 4.79 Å². The van der Waals surface area contributed by atoms with Crippen LogP contribution in [0.5, 0.6) is 5.75 Å². The lowest BCUT2D eigenvalue weighted by Gasteiger charge is -2.36. The maximum Gasteiger partial charge on any atom is 0.253 e. The summed E-state index contributed by atoms with van der Waals surface area (Å²) in [5.41, 5.74) is 1.68. The van der Waals surface area contributed by atoms with E-state index in [0.29, 0.717) is 44.6 Å². The van der Waals surface area contributed by atoms with Crippen molar-refractivity contribution in [2.45, 2.75) is 32.4 Å². The molecule has 0 aliphatic carbocycles. The topological polar surface area (TPSA) is 41.6 Å². The van der Waals surface area contributed by atoms with Gasteiger partial charge < -0.3 is 15.0 Å². The van der Waals surface area contributed by atoms with Gasteiger partial charge in [-0.05, 0) is 49.2 Å². The molecule has 0 saturated carbocycles. The van der Waals surface area contributed by atoms with Crippen LogP contribution in [0.25, 0.3) is 0 Å². The normalized spacial score (nSPS) is 16.0. The van der Waals surface area contributed by atoms with E-state index in [0.717, 1.165) is 11.3 Å². The molecule has 1 fully saturated rings. The predicted octanol–water partition coefficient (Wildman–Crippen LogP) is 3.92. The first-order valence-corrected chi connectivity index (χ1v) is 9.91. The minimum absolute atomic E-state index is 0.00521. The Hall–Kier alpha value is -2.40. The first kappa shape index (κ1) is 20.3. The molecule has 1 aliphatic heterocycles. The lowest BCUT2D eigenvalue weighted by molar-refractivity contribution is 0.0433. The molecule has 4 nitrogen and oxygen atoms in total. The Morgan fingerprint density at radius 2 is 1.82 bits per heavy atom. The van der Waals surface area contributed by atoms with Gasteiger partial charge in [-0.1, -0.05) is 24.3 Å². The monoisotopic (exact) mass is 384 g/mol. The zero-order valence-corrected chi connectivity index (χ0v) is 16.7.